The molecular weight excluding hydrogens is 521 g/mol. The van der Waals surface area contributed by atoms with Crippen LogP contribution < -0.4 is 4.74 Å². The van der Waals surface area contributed by atoms with E-state index in [1.807, 2.05) is 12.1 Å². The zero-order chi connectivity index (χ0) is 28.8. The Morgan fingerprint density at radius 2 is 1.90 bits per heavy atom. The van der Waals surface area contributed by atoms with E-state index in [9.17, 15) is 27.9 Å². The van der Waals surface area contributed by atoms with Crippen LogP contribution >= 0.6 is 0 Å². The Kier molecular flexibility index (Phi) is 7.63. The van der Waals surface area contributed by atoms with Crippen LogP contribution in [0.15, 0.2) is 42.5 Å². The summed E-state index contributed by atoms with van der Waals surface area (Å²) in [6.07, 6.45) is -1.21. The average Bonchev–Trinajstić information content (AvgIpc) is 3.38. The Hall–Kier alpha value is -3.07. The molecule has 1 aliphatic carbocycles. The third kappa shape index (κ3) is 5.32. The van der Waals surface area contributed by atoms with Crippen molar-refractivity contribution in [2.75, 3.05) is 19.8 Å². The van der Waals surface area contributed by atoms with Gasteiger partial charge in [-0.15, -0.1) is 0 Å². The van der Waals surface area contributed by atoms with Gasteiger partial charge < -0.3 is 19.6 Å². The Bertz CT molecular complexity index is 1280. The lowest BCUT2D eigenvalue weighted by Crippen LogP contribution is -2.49. The summed E-state index contributed by atoms with van der Waals surface area (Å²) in [6, 6.07) is 10.9. The summed E-state index contributed by atoms with van der Waals surface area (Å²) < 4.78 is 45.6. The van der Waals surface area contributed by atoms with Crippen molar-refractivity contribution in [3.05, 3.63) is 64.7 Å². The van der Waals surface area contributed by atoms with Crippen LogP contribution in [0.1, 0.15) is 79.4 Å². The number of carboxylic acids is 1. The van der Waals surface area contributed by atoms with Gasteiger partial charge >= 0.3 is 12.1 Å². The first kappa shape index (κ1) is 28.5. The van der Waals surface area contributed by atoms with E-state index in [1.165, 1.54) is 6.07 Å². The molecule has 4 atom stereocenters. The minimum Gasteiger partial charge on any atom is -0.478 e. The molecule has 0 spiro atoms. The molecule has 1 amide bonds. The summed E-state index contributed by atoms with van der Waals surface area (Å²) >= 11 is 0. The number of ether oxygens (including phenoxy) is 1. The Labute approximate surface area is 233 Å². The fourth-order valence-electron chi connectivity index (χ4n) is 7.10. The number of aromatic carboxylic acids is 1. The van der Waals surface area contributed by atoms with Crippen molar-refractivity contribution in [3.63, 3.8) is 0 Å². The molecule has 2 aromatic rings. The number of carbonyl (C=O) groups is 2. The predicted molar refractivity (Wildman–Crippen MR) is 144 cm³/mol. The van der Waals surface area contributed by atoms with Crippen LogP contribution in [-0.4, -0.2) is 52.6 Å². The number of carboxylic acid groups (broad SMARTS) is 1. The maximum absolute atomic E-state index is 14.0. The van der Waals surface area contributed by atoms with Crippen LogP contribution in [0.5, 0.6) is 5.75 Å². The van der Waals surface area contributed by atoms with E-state index in [1.54, 1.807) is 17.0 Å². The molecule has 216 valence electrons. The van der Waals surface area contributed by atoms with Crippen molar-refractivity contribution in [2.45, 2.75) is 71.1 Å². The number of nitrogens with zero attached hydrogens (tertiary/aromatic N) is 2. The number of alkyl halides is 3. The molecule has 0 aromatic heterocycles. The summed E-state index contributed by atoms with van der Waals surface area (Å²) in [4.78, 5) is 29.5. The molecule has 1 saturated carbocycles. The quantitative estimate of drug-likeness (QED) is 0.460. The Balaban J connectivity index is 1.28. The molecule has 3 aliphatic rings. The first-order chi connectivity index (χ1) is 18.9. The number of rotatable bonds is 5. The number of benzene rings is 2. The lowest BCUT2D eigenvalue weighted by Gasteiger charge is -2.42. The van der Waals surface area contributed by atoms with Crippen LogP contribution in [0.25, 0.3) is 0 Å². The third-order valence-electron chi connectivity index (χ3n) is 9.48. The van der Waals surface area contributed by atoms with E-state index in [0.29, 0.717) is 29.2 Å². The highest BCUT2D eigenvalue weighted by Gasteiger charge is 2.51. The number of hydrogen-bond acceptors (Lipinski definition) is 4. The second-order valence-electron chi connectivity index (χ2n) is 12.1. The minimum absolute atomic E-state index is 0.0359. The van der Waals surface area contributed by atoms with Crippen LogP contribution in [-0.2, 0) is 17.5 Å². The Morgan fingerprint density at radius 3 is 2.58 bits per heavy atom. The van der Waals surface area contributed by atoms with Crippen molar-refractivity contribution in [3.8, 4) is 5.75 Å². The predicted octanol–water partition coefficient (Wildman–Crippen LogP) is 6.40. The Morgan fingerprint density at radius 1 is 1.12 bits per heavy atom. The highest BCUT2D eigenvalue weighted by Crippen LogP contribution is 2.49. The van der Waals surface area contributed by atoms with Crippen LogP contribution in [0.2, 0.25) is 0 Å². The third-order valence-corrected chi connectivity index (χ3v) is 9.48. The molecular formula is C31H37F3N2O4. The molecule has 2 aliphatic heterocycles. The van der Waals surface area contributed by atoms with E-state index in [4.69, 9.17) is 4.74 Å². The van der Waals surface area contributed by atoms with Gasteiger partial charge in [0.2, 0.25) is 5.91 Å². The van der Waals surface area contributed by atoms with Crippen LogP contribution in [0, 0.1) is 17.3 Å². The summed E-state index contributed by atoms with van der Waals surface area (Å²) in [5.74, 6) is 0.114. The van der Waals surface area contributed by atoms with Gasteiger partial charge in [-0.1, -0.05) is 32.9 Å². The standard InChI is InChI=1S/C31H37F3N2O4/c1-19(2)30(29(39)36-17-23-14-24(31(32,33)34)7-8-27(23)40-18-36)11-9-25(15-30)35-12-10-26(20(3)16-35)21-5-4-6-22(13-21)28(37)38/h4-8,13-14,19-20,25-26H,9-12,15-18H2,1-3H3,(H,37,38)/t20-,25+,26-,30-/m0/s1. The smallest absolute Gasteiger partial charge is 0.416 e. The summed E-state index contributed by atoms with van der Waals surface area (Å²) in [6.45, 7) is 8.21. The van der Waals surface area contributed by atoms with Crippen molar-refractivity contribution >= 4 is 11.9 Å². The van der Waals surface area contributed by atoms with Crippen molar-refractivity contribution in [2.24, 2.45) is 17.3 Å². The van der Waals surface area contributed by atoms with Gasteiger partial charge in [0.05, 0.1) is 23.1 Å². The number of carbonyl (C=O) groups excluding carboxylic acids is 1. The summed E-state index contributed by atoms with van der Waals surface area (Å²) in [5.41, 5.74) is 0.413. The maximum atomic E-state index is 14.0. The molecule has 2 fully saturated rings. The van der Waals surface area contributed by atoms with Gasteiger partial charge in [0.15, 0.2) is 6.73 Å². The lowest BCUT2D eigenvalue weighted by atomic mass is 9.74. The van der Waals surface area contributed by atoms with E-state index in [-0.39, 0.29) is 37.1 Å². The maximum Gasteiger partial charge on any atom is 0.416 e. The van der Waals surface area contributed by atoms with Crippen molar-refractivity contribution in [1.29, 1.82) is 0 Å². The summed E-state index contributed by atoms with van der Waals surface area (Å²) in [7, 11) is 0. The number of amides is 1. The second-order valence-corrected chi connectivity index (χ2v) is 12.1. The average molecular weight is 559 g/mol. The molecule has 1 saturated heterocycles. The topological polar surface area (TPSA) is 70.1 Å². The molecule has 6 nitrogen and oxygen atoms in total. The van der Waals surface area contributed by atoms with Crippen LogP contribution in [0.4, 0.5) is 13.2 Å². The van der Waals surface area contributed by atoms with E-state index >= 15 is 0 Å². The highest BCUT2D eigenvalue weighted by molar-refractivity contribution is 5.87. The van der Waals surface area contributed by atoms with Gasteiger partial charge in [0, 0.05) is 18.2 Å². The van der Waals surface area contributed by atoms with Crippen LogP contribution in [0.3, 0.4) is 0 Å². The number of fused-ring (bicyclic) bond motifs is 1. The number of halogens is 3. The number of likely N-dealkylation sites (tertiary alicyclic amines) is 1. The molecule has 2 aromatic carbocycles. The summed E-state index contributed by atoms with van der Waals surface area (Å²) in [5, 5.41) is 9.39. The van der Waals surface area contributed by atoms with Crippen molar-refractivity contribution in [1.82, 2.24) is 9.80 Å². The normalized spacial score (nSPS) is 27.4. The largest absolute Gasteiger partial charge is 0.478 e. The van der Waals surface area contributed by atoms with Gasteiger partial charge in [-0.25, -0.2) is 4.79 Å². The molecule has 2 heterocycles. The first-order valence-electron chi connectivity index (χ1n) is 14.1. The number of hydrogen-bond donors (Lipinski definition) is 1. The van der Waals surface area contributed by atoms with Crippen molar-refractivity contribution < 1.29 is 32.6 Å². The van der Waals surface area contributed by atoms with E-state index in [0.717, 1.165) is 50.0 Å². The molecule has 9 heteroatoms. The second kappa shape index (κ2) is 10.7. The zero-order valence-corrected chi connectivity index (χ0v) is 23.2. The lowest BCUT2D eigenvalue weighted by molar-refractivity contribution is -0.150. The molecule has 40 heavy (non-hydrogen) atoms. The molecule has 0 radical (unpaired) electrons. The van der Waals surface area contributed by atoms with E-state index in [2.05, 4.69) is 25.7 Å². The SMILES string of the molecule is CC(C)[C@]1(C(=O)N2COc3ccc(C(F)(F)F)cc3C2)CC[C@@H](N2CC[C@H](c3cccc(C(=O)O)c3)[C@@H](C)C2)C1. The fraction of sp³-hybridized carbons (Fsp3) is 0.548. The molecule has 5 rings (SSSR count). The first-order valence-corrected chi connectivity index (χ1v) is 14.1. The highest BCUT2D eigenvalue weighted by atomic mass is 19.4. The number of piperidine rings is 1. The van der Waals surface area contributed by atoms with Gasteiger partial charge in [-0.05, 0) is 85.9 Å². The molecule has 1 N–H and O–H groups in total. The van der Waals surface area contributed by atoms with Gasteiger partial charge in [-0.3, -0.25) is 4.79 Å². The molecule has 0 unspecified atom stereocenters. The van der Waals surface area contributed by atoms with Gasteiger partial charge in [0.1, 0.15) is 5.75 Å². The van der Waals surface area contributed by atoms with E-state index < -0.39 is 23.1 Å². The minimum atomic E-state index is -4.46. The molecule has 0 bridgehead atoms. The van der Waals surface area contributed by atoms with Gasteiger partial charge in [0.25, 0.3) is 0 Å². The fourth-order valence-corrected chi connectivity index (χ4v) is 7.10. The zero-order valence-electron chi connectivity index (χ0n) is 23.2. The monoisotopic (exact) mass is 558 g/mol. The van der Waals surface area contributed by atoms with Gasteiger partial charge in [-0.2, -0.15) is 13.2 Å².